The van der Waals surface area contributed by atoms with Crippen molar-refractivity contribution in [3.05, 3.63) is 30.1 Å². The van der Waals surface area contributed by atoms with Crippen molar-refractivity contribution < 1.29 is 14.3 Å². The molecule has 0 aromatic heterocycles. The fourth-order valence-electron chi connectivity index (χ4n) is 1.30. The number of aliphatic hydroxyl groups excluding tert-OH is 1. The van der Waals surface area contributed by atoms with E-state index in [4.69, 9.17) is 5.11 Å². The van der Waals surface area contributed by atoms with E-state index >= 15 is 0 Å². The lowest BCUT2D eigenvalue weighted by Crippen LogP contribution is -2.36. The molecule has 0 saturated carbocycles. The molecule has 5 heteroatoms. The minimum Gasteiger partial charge on any atom is -0.396 e. The molecule has 3 nitrogen and oxygen atoms in total. The number of benzene rings is 1. The number of carbonyl (C=O) groups is 1. The monoisotopic (exact) mass is 285 g/mol. The minimum absolute atomic E-state index is 0.0251. The normalized spacial score (nSPS) is 11.4. The lowest BCUT2D eigenvalue weighted by Gasteiger charge is -2.21. The molecule has 0 saturated heterocycles. The zero-order chi connectivity index (χ0) is 14.3. The van der Waals surface area contributed by atoms with Crippen LogP contribution in [0, 0.1) is 11.2 Å². The molecule has 106 valence electrons. The first-order valence-corrected chi connectivity index (χ1v) is 7.18. The van der Waals surface area contributed by atoms with E-state index in [2.05, 4.69) is 5.32 Å². The van der Waals surface area contributed by atoms with Gasteiger partial charge < -0.3 is 10.4 Å². The van der Waals surface area contributed by atoms with Crippen LogP contribution in [0.1, 0.15) is 20.3 Å². The highest BCUT2D eigenvalue weighted by Crippen LogP contribution is 2.21. The Bertz CT molecular complexity index is 424. The van der Waals surface area contributed by atoms with Crippen LogP contribution in [-0.2, 0) is 4.79 Å². The summed E-state index contributed by atoms with van der Waals surface area (Å²) in [6.45, 7) is 4.21. The van der Waals surface area contributed by atoms with E-state index < -0.39 is 0 Å². The summed E-state index contributed by atoms with van der Waals surface area (Å²) in [5.41, 5.74) is -0.311. The van der Waals surface area contributed by atoms with E-state index in [-0.39, 0.29) is 23.7 Å². The van der Waals surface area contributed by atoms with Gasteiger partial charge in [-0.1, -0.05) is 26.0 Å². The van der Waals surface area contributed by atoms with Gasteiger partial charge in [0, 0.05) is 35.6 Å². The number of carbonyl (C=O) groups excluding carboxylic acids is 1. The lowest BCUT2D eigenvalue weighted by atomic mass is 9.95. The third-order valence-corrected chi connectivity index (χ3v) is 3.67. The molecule has 1 aromatic rings. The fourth-order valence-corrected chi connectivity index (χ4v) is 2.19. The van der Waals surface area contributed by atoms with Gasteiger partial charge in [0.1, 0.15) is 5.82 Å². The molecule has 0 unspecified atom stereocenters. The molecule has 1 amide bonds. The molecule has 0 aliphatic rings. The highest BCUT2D eigenvalue weighted by atomic mass is 32.2. The van der Waals surface area contributed by atoms with Gasteiger partial charge in [0.15, 0.2) is 0 Å². The van der Waals surface area contributed by atoms with Gasteiger partial charge in [-0.25, -0.2) is 4.39 Å². The lowest BCUT2D eigenvalue weighted by molar-refractivity contribution is -0.121. The summed E-state index contributed by atoms with van der Waals surface area (Å²) in [6.07, 6.45) is 0.334. The van der Waals surface area contributed by atoms with Gasteiger partial charge in [-0.2, -0.15) is 0 Å². The van der Waals surface area contributed by atoms with Crippen molar-refractivity contribution in [3.63, 3.8) is 0 Å². The van der Waals surface area contributed by atoms with E-state index in [0.717, 1.165) is 0 Å². The van der Waals surface area contributed by atoms with Crippen LogP contribution in [0.3, 0.4) is 0 Å². The van der Waals surface area contributed by atoms with E-state index in [0.29, 0.717) is 23.6 Å². The van der Waals surface area contributed by atoms with E-state index in [1.165, 1.54) is 17.8 Å². The second-order valence-electron chi connectivity index (χ2n) is 5.13. The fraction of sp³-hybridized carbons (Fsp3) is 0.500. The summed E-state index contributed by atoms with van der Waals surface area (Å²) in [7, 11) is 0. The maximum Gasteiger partial charge on any atom is 0.220 e. The molecular weight excluding hydrogens is 265 g/mol. The van der Waals surface area contributed by atoms with Crippen LogP contribution >= 0.6 is 11.8 Å². The third kappa shape index (κ3) is 6.07. The van der Waals surface area contributed by atoms with Crippen molar-refractivity contribution in [3.8, 4) is 0 Å². The number of aliphatic hydroxyl groups is 1. The van der Waals surface area contributed by atoms with E-state index in [1.54, 1.807) is 18.2 Å². The minimum atomic E-state index is -0.311. The Morgan fingerprint density at radius 1 is 1.42 bits per heavy atom. The molecule has 0 atom stereocenters. The zero-order valence-corrected chi connectivity index (χ0v) is 12.1. The standard InChI is InChI=1S/C14H20FNO2S/c1-14(2,10-17)9-16-13(18)7-8-19-12-6-4-3-5-11(12)15/h3-6,17H,7-10H2,1-2H3,(H,16,18). The average molecular weight is 285 g/mol. The van der Waals surface area contributed by atoms with Gasteiger partial charge in [0.25, 0.3) is 0 Å². The smallest absolute Gasteiger partial charge is 0.220 e. The number of amides is 1. The van der Waals surface area contributed by atoms with Crippen LogP contribution in [0.2, 0.25) is 0 Å². The number of hydrogen-bond acceptors (Lipinski definition) is 3. The Morgan fingerprint density at radius 3 is 2.74 bits per heavy atom. The third-order valence-electron chi connectivity index (χ3n) is 2.62. The number of nitrogens with one attached hydrogen (secondary N) is 1. The summed E-state index contributed by atoms with van der Waals surface area (Å²) in [5, 5.41) is 11.8. The second kappa shape index (κ2) is 7.50. The van der Waals surface area contributed by atoms with Crippen molar-refractivity contribution >= 4 is 17.7 Å². The van der Waals surface area contributed by atoms with Gasteiger partial charge in [-0.3, -0.25) is 4.79 Å². The van der Waals surface area contributed by atoms with E-state index in [9.17, 15) is 9.18 Å². The first-order valence-electron chi connectivity index (χ1n) is 6.19. The largest absolute Gasteiger partial charge is 0.396 e. The first kappa shape index (κ1) is 16.0. The molecule has 0 fully saturated rings. The molecule has 1 aromatic carbocycles. The number of rotatable bonds is 7. The van der Waals surface area contributed by atoms with Gasteiger partial charge in [-0.15, -0.1) is 11.8 Å². The average Bonchev–Trinajstić information content (AvgIpc) is 2.39. The SMILES string of the molecule is CC(C)(CO)CNC(=O)CCSc1ccccc1F. The molecular formula is C14H20FNO2S. The van der Waals surface area contributed by atoms with Gasteiger partial charge in [-0.05, 0) is 12.1 Å². The van der Waals surface area contributed by atoms with Crippen molar-refractivity contribution in [2.75, 3.05) is 18.9 Å². The Hall–Kier alpha value is -1.07. The molecule has 0 bridgehead atoms. The van der Waals surface area contributed by atoms with Crippen molar-refractivity contribution in [1.29, 1.82) is 0 Å². The maximum atomic E-state index is 13.3. The maximum absolute atomic E-state index is 13.3. The van der Waals surface area contributed by atoms with Crippen LogP contribution in [0.15, 0.2) is 29.2 Å². The van der Waals surface area contributed by atoms with Gasteiger partial charge in [0.2, 0.25) is 5.91 Å². The van der Waals surface area contributed by atoms with Crippen LogP contribution in [-0.4, -0.2) is 29.9 Å². The molecule has 0 radical (unpaired) electrons. The van der Waals surface area contributed by atoms with Crippen LogP contribution in [0.25, 0.3) is 0 Å². The summed E-state index contributed by atoms with van der Waals surface area (Å²) in [6, 6.07) is 6.53. The van der Waals surface area contributed by atoms with Crippen LogP contribution < -0.4 is 5.32 Å². The second-order valence-corrected chi connectivity index (χ2v) is 6.26. The highest BCUT2D eigenvalue weighted by molar-refractivity contribution is 7.99. The molecule has 0 aliphatic carbocycles. The Kier molecular flexibility index (Phi) is 6.31. The molecule has 0 spiro atoms. The van der Waals surface area contributed by atoms with E-state index in [1.807, 2.05) is 13.8 Å². The summed E-state index contributed by atoms with van der Waals surface area (Å²) in [5.74, 6) is 0.200. The Labute approximate surface area is 117 Å². The summed E-state index contributed by atoms with van der Waals surface area (Å²) in [4.78, 5) is 12.1. The number of hydrogen-bond donors (Lipinski definition) is 2. The van der Waals surface area contributed by atoms with Crippen molar-refractivity contribution in [2.24, 2.45) is 5.41 Å². The first-order chi connectivity index (χ1) is 8.94. The Balaban J connectivity index is 2.26. The number of halogens is 1. The predicted molar refractivity (Wildman–Crippen MR) is 75.6 cm³/mol. The van der Waals surface area contributed by atoms with Crippen LogP contribution in [0.5, 0.6) is 0 Å². The van der Waals surface area contributed by atoms with Crippen LogP contribution in [0.4, 0.5) is 4.39 Å². The van der Waals surface area contributed by atoms with Gasteiger partial charge >= 0.3 is 0 Å². The molecule has 2 N–H and O–H groups in total. The molecule has 1 rings (SSSR count). The Morgan fingerprint density at radius 2 is 2.11 bits per heavy atom. The summed E-state index contributed by atoms with van der Waals surface area (Å²) < 4.78 is 13.3. The predicted octanol–water partition coefficient (Wildman–Crippen LogP) is 2.44. The molecule has 19 heavy (non-hydrogen) atoms. The topological polar surface area (TPSA) is 49.3 Å². The summed E-state index contributed by atoms with van der Waals surface area (Å²) >= 11 is 1.33. The van der Waals surface area contributed by atoms with Gasteiger partial charge in [0.05, 0.1) is 0 Å². The molecule has 0 heterocycles. The van der Waals surface area contributed by atoms with Crippen molar-refractivity contribution in [2.45, 2.75) is 25.2 Å². The highest BCUT2D eigenvalue weighted by Gasteiger charge is 2.17. The number of thioether (sulfide) groups is 1. The zero-order valence-electron chi connectivity index (χ0n) is 11.3. The van der Waals surface area contributed by atoms with Crippen molar-refractivity contribution in [1.82, 2.24) is 5.32 Å². The molecule has 0 aliphatic heterocycles. The quantitative estimate of drug-likeness (QED) is 0.757.